The molecule has 1 aliphatic carbocycles. The maximum Gasteiger partial charge on any atom is -0.00114 e. The Morgan fingerprint density at radius 2 is 2.17 bits per heavy atom. The van der Waals surface area contributed by atoms with Gasteiger partial charge in [0, 0.05) is 0 Å². The van der Waals surface area contributed by atoms with Gasteiger partial charge in [-0.25, -0.2) is 0 Å². The third-order valence-corrected chi connectivity index (χ3v) is 1.80. The molecular weight excluding hydrogens is 146 g/mol. The van der Waals surface area contributed by atoms with Gasteiger partial charge in [-0.3, -0.25) is 0 Å². The van der Waals surface area contributed by atoms with Crippen molar-refractivity contribution in [2.75, 3.05) is 13.6 Å². The highest BCUT2D eigenvalue weighted by Gasteiger charge is 1.93. The van der Waals surface area contributed by atoms with E-state index in [2.05, 4.69) is 24.0 Å². The van der Waals surface area contributed by atoms with Crippen LogP contribution >= 0.6 is 0 Å². The number of nitrogens with one attached hydrogen (secondary N) is 1. The van der Waals surface area contributed by atoms with Crippen LogP contribution in [0.3, 0.4) is 0 Å². The van der Waals surface area contributed by atoms with Gasteiger partial charge < -0.3 is 5.32 Å². The van der Waals surface area contributed by atoms with Gasteiger partial charge in [0.05, 0.1) is 0 Å². The third-order valence-electron chi connectivity index (χ3n) is 1.80. The summed E-state index contributed by atoms with van der Waals surface area (Å²) >= 11 is 0. The Morgan fingerprint density at radius 3 is 2.92 bits per heavy atom. The quantitative estimate of drug-likeness (QED) is 0.669. The average Bonchev–Trinajstić information content (AvgIpc) is 2.27. The van der Waals surface area contributed by atoms with E-state index in [1.807, 2.05) is 25.3 Å². The van der Waals surface area contributed by atoms with E-state index in [9.17, 15) is 0 Å². The van der Waals surface area contributed by atoms with Crippen molar-refractivity contribution >= 4 is 0 Å². The lowest BCUT2D eigenvalue weighted by Crippen LogP contribution is -2.07. The number of hydrogen-bond acceptors (Lipinski definition) is 1. The van der Waals surface area contributed by atoms with E-state index in [1.165, 1.54) is 5.57 Å². The molecule has 0 spiro atoms. The molecule has 0 unspecified atom stereocenters. The molecule has 0 aliphatic heterocycles. The highest BCUT2D eigenvalue weighted by molar-refractivity contribution is 5.39. The molecule has 0 aromatic rings. The summed E-state index contributed by atoms with van der Waals surface area (Å²) in [4.78, 5) is 0. The lowest BCUT2D eigenvalue weighted by Gasteiger charge is -1.98. The van der Waals surface area contributed by atoms with Crippen LogP contribution in [0.15, 0.2) is 48.1 Å². The first kappa shape index (κ1) is 9.01. The Morgan fingerprint density at radius 1 is 1.33 bits per heavy atom. The van der Waals surface area contributed by atoms with E-state index < -0.39 is 0 Å². The van der Waals surface area contributed by atoms with Gasteiger partial charge in [0.25, 0.3) is 0 Å². The topological polar surface area (TPSA) is 12.0 Å². The van der Waals surface area contributed by atoms with Gasteiger partial charge in [0.15, 0.2) is 0 Å². The molecule has 1 rings (SSSR count). The monoisotopic (exact) mass is 161 g/mol. The predicted molar refractivity (Wildman–Crippen MR) is 54.0 cm³/mol. The van der Waals surface area contributed by atoms with E-state index in [4.69, 9.17) is 0 Å². The van der Waals surface area contributed by atoms with Crippen molar-refractivity contribution in [3.8, 4) is 0 Å². The smallest absolute Gasteiger partial charge is 0.00114 e. The summed E-state index contributed by atoms with van der Waals surface area (Å²) in [6.45, 7) is 4.89. The molecule has 0 heterocycles. The maximum atomic E-state index is 3.87. The first-order chi connectivity index (χ1) is 5.83. The molecule has 1 aliphatic rings. The number of hydrogen-bond donors (Lipinski definition) is 1. The Hall–Kier alpha value is -1.08. The van der Waals surface area contributed by atoms with E-state index in [0.717, 1.165) is 18.5 Å². The highest BCUT2D eigenvalue weighted by Crippen LogP contribution is 2.09. The molecule has 0 atom stereocenters. The molecular formula is C11H15N. The van der Waals surface area contributed by atoms with Gasteiger partial charge in [-0.15, -0.1) is 0 Å². The van der Waals surface area contributed by atoms with Crippen molar-refractivity contribution in [1.82, 2.24) is 5.32 Å². The molecule has 1 heteroatoms. The Balaban J connectivity index is 2.54. The third kappa shape index (κ3) is 2.89. The van der Waals surface area contributed by atoms with E-state index in [0.29, 0.717) is 0 Å². The minimum atomic E-state index is 1.02. The van der Waals surface area contributed by atoms with Crippen LogP contribution in [-0.2, 0) is 0 Å². The van der Waals surface area contributed by atoms with Crippen LogP contribution in [0, 0.1) is 0 Å². The fourth-order valence-corrected chi connectivity index (χ4v) is 1.06. The molecule has 0 amide bonds. The van der Waals surface area contributed by atoms with Gasteiger partial charge in [-0.2, -0.15) is 0 Å². The van der Waals surface area contributed by atoms with Crippen LogP contribution < -0.4 is 5.32 Å². The van der Waals surface area contributed by atoms with Crippen molar-refractivity contribution in [3.63, 3.8) is 0 Å². The highest BCUT2D eigenvalue weighted by atomic mass is 14.8. The van der Waals surface area contributed by atoms with Crippen molar-refractivity contribution in [3.05, 3.63) is 48.1 Å². The maximum absolute atomic E-state index is 3.87. The Kier molecular flexibility index (Phi) is 3.55. The zero-order valence-electron chi connectivity index (χ0n) is 7.51. The zero-order chi connectivity index (χ0) is 8.81. The molecule has 0 saturated carbocycles. The standard InChI is InChI=1S/C11H15N/c1-10-4-3-5-11(7-6-10)8-9-12-2/h3-7,12H,1,8-9H2,2H3. The van der Waals surface area contributed by atoms with Gasteiger partial charge in [-0.05, 0) is 31.2 Å². The van der Waals surface area contributed by atoms with Crippen molar-refractivity contribution < 1.29 is 0 Å². The van der Waals surface area contributed by atoms with Gasteiger partial charge in [0.1, 0.15) is 0 Å². The molecule has 0 aromatic heterocycles. The van der Waals surface area contributed by atoms with Crippen LogP contribution in [0.25, 0.3) is 0 Å². The lowest BCUT2D eigenvalue weighted by molar-refractivity contribution is 0.794. The summed E-state index contributed by atoms with van der Waals surface area (Å²) in [5, 5.41) is 3.13. The fourth-order valence-electron chi connectivity index (χ4n) is 1.06. The molecule has 0 fully saturated rings. The summed E-state index contributed by atoms with van der Waals surface area (Å²) in [6, 6.07) is 0. The Bertz CT molecular complexity index is 244. The average molecular weight is 161 g/mol. The lowest BCUT2D eigenvalue weighted by atomic mass is 10.1. The number of allylic oxidation sites excluding steroid dienone is 6. The van der Waals surface area contributed by atoms with Crippen molar-refractivity contribution in [1.29, 1.82) is 0 Å². The van der Waals surface area contributed by atoms with E-state index in [-0.39, 0.29) is 0 Å². The van der Waals surface area contributed by atoms with Crippen LogP contribution in [0.5, 0.6) is 0 Å². The first-order valence-electron chi connectivity index (χ1n) is 4.22. The van der Waals surface area contributed by atoms with Crippen LogP contribution in [0.1, 0.15) is 6.42 Å². The van der Waals surface area contributed by atoms with E-state index >= 15 is 0 Å². The number of rotatable bonds is 3. The molecule has 1 nitrogen and oxygen atoms in total. The summed E-state index contributed by atoms with van der Waals surface area (Å²) in [6.07, 6.45) is 11.4. The van der Waals surface area contributed by atoms with Crippen molar-refractivity contribution in [2.24, 2.45) is 0 Å². The predicted octanol–water partition coefficient (Wildman–Crippen LogP) is 2.20. The minimum absolute atomic E-state index is 1.02. The van der Waals surface area contributed by atoms with E-state index in [1.54, 1.807) is 0 Å². The second-order valence-electron chi connectivity index (χ2n) is 2.86. The van der Waals surface area contributed by atoms with Crippen LogP contribution in [0.4, 0.5) is 0 Å². The second kappa shape index (κ2) is 4.73. The largest absolute Gasteiger partial charge is 0.319 e. The van der Waals surface area contributed by atoms with Crippen LogP contribution in [-0.4, -0.2) is 13.6 Å². The Labute approximate surface area is 74.2 Å². The summed E-state index contributed by atoms with van der Waals surface area (Å²) in [5.74, 6) is 0. The van der Waals surface area contributed by atoms with Gasteiger partial charge in [-0.1, -0.05) is 37.0 Å². The molecule has 64 valence electrons. The molecule has 0 bridgehead atoms. The summed E-state index contributed by atoms with van der Waals surface area (Å²) < 4.78 is 0. The summed E-state index contributed by atoms with van der Waals surface area (Å²) in [7, 11) is 1.97. The molecule has 12 heavy (non-hydrogen) atoms. The molecule has 0 radical (unpaired) electrons. The second-order valence-corrected chi connectivity index (χ2v) is 2.86. The normalized spacial score (nSPS) is 16.1. The van der Waals surface area contributed by atoms with Crippen LogP contribution in [0.2, 0.25) is 0 Å². The summed E-state index contributed by atoms with van der Waals surface area (Å²) in [5.41, 5.74) is 2.41. The van der Waals surface area contributed by atoms with Crippen molar-refractivity contribution in [2.45, 2.75) is 6.42 Å². The first-order valence-corrected chi connectivity index (χ1v) is 4.22. The fraction of sp³-hybridized carbons (Fsp3) is 0.273. The SMILES string of the molecule is C=C1C=CC=C(CCNC)C=C1. The molecule has 0 saturated heterocycles. The minimum Gasteiger partial charge on any atom is -0.319 e. The van der Waals surface area contributed by atoms with Gasteiger partial charge in [0.2, 0.25) is 0 Å². The van der Waals surface area contributed by atoms with Gasteiger partial charge >= 0.3 is 0 Å². The molecule has 1 N–H and O–H groups in total. The zero-order valence-corrected chi connectivity index (χ0v) is 7.51. The molecule has 0 aromatic carbocycles.